The van der Waals surface area contributed by atoms with Crippen molar-refractivity contribution < 1.29 is 14.8 Å². The number of nitrogens with zero attached hydrogens (tertiary/aromatic N) is 3. The van der Waals surface area contributed by atoms with E-state index in [-0.39, 0.29) is 16.9 Å². The SMILES string of the molecule is O=C([O-])c1cn(-c2ccccc2)nc1-c1cccc([N+](=O)[O-])c1. The molecule has 1 aromatic heterocycles. The monoisotopic (exact) mass is 308 g/mol. The highest BCUT2D eigenvalue weighted by Crippen LogP contribution is 2.26. The van der Waals surface area contributed by atoms with Gasteiger partial charge in [0.15, 0.2) is 0 Å². The van der Waals surface area contributed by atoms with E-state index in [1.165, 1.54) is 29.1 Å². The minimum absolute atomic E-state index is 0.123. The summed E-state index contributed by atoms with van der Waals surface area (Å²) in [7, 11) is 0. The fourth-order valence-corrected chi connectivity index (χ4v) is 2.22. The second-order valence-electron chi connectivity index (χ2n) is 4.77. The molecule has 0 amide bonds. The average Bonchev–Trinajstić information content (AvgIpc) is 3.01. The maximum atomic E-state index is 11.4. The molecule has 23 heavy (non-hydrogen) atoms. The molecule has 0 atom stereocenters. The Labute approximate surface area is 130 Å². The summed E-state index contributed by atoms with van der Waals surface area (Å²) in [5.41, 5.74) is 0.868. The highest BCUT2D eigenvalue weighted by atomic mass is 16.6. The summed E-state index contributed by atoms with van der Waals surface area (Å²) in [6, 6.07) is 14.6. The number of rotatable bonds is 4. The molecule has 0 aliphatic carbocycles. The predicted octanol–water partition coefficient (Wildman–Crippen LogP) is 1.81. The summed E-state index contributed by atoms with van der Waals surface area (Å²) in [6.45, 7) is 0. The summed E-state index contributed by atoms with van der Waals surface area (Å²) in [5.74, 6) is -1.39. The molecule has 114 valence electrons. The molecule has 7 nitrogen and oxygen atoms in total. The fraction of sp³-hybridized carbons (Fsp3) is 0. The Hall–Kier alpha value is -3.48. The van der Waals surface area contributed by atoms with Gasteiger partial charge < -0.3 is 9.90 Å². The quantitative estimate of drug-likeness (QED) is 0.540. The lowest BCUT2D eigenvalue weighted by atomic mass is 10.1. The highest BCUT2D eigenvalue weighted by molar-refractivity contribution is 5.93. The third-order valence-corrected chi connectivity index (χ3v) is 3.29. The minimum atomic E-state index is -1.39. The first-order valence-electron chi connectivity index (χ1n) is 6.67. The Morgan fingerprint density at radius 1 is 1.09 bits per heavy atom. The van der Waals surface area contributed by atoms with Crippen molar-refractivity contribution in [3.05, 3.63) is 76.5 Å². The van der Waals surface area contributed by atoms with E-state index < -0.39 is 10.9 Å². The number of carbonyl (C=O) groups is 1. The van der Waals surface area contributed by atoms with Crippen LogP contribution < -0.4 is 5.11 Å². The molecule has 0 unspecified atom stereocenters. The third kappa shape index (κ3) is 2.80. The number of nitro groups is 1. The van der Waals surface area contributed by atoms with Crippen LogP contribution in [0.15, 0.2) is 60.8 Å². The van der Waals surface area contributed by atoms with Gasteiger partial charge in [-0.3, -0.25) is 10.1 Å². The topological polar surface area (TPSA) is 101 Å². The van der Waals surface area contributed by atoms with Gasteiger partial charge in [-0.1, -0.05) is 30.3 Å². The molecular weight excluding hydrogens is 298 g/mol. The van der Waals surface area contributed by atoms with Gasteiger partial charge in [0.2, 0.25) is 0 Å². The molecule has 7 heteroatoms. The molecule has 3 rings (SSSR count). The second kappa shape index (κ2) is 5.72. The summed E-state index contributed by atoms with van der Waals surface area (Å²) in [6.07, 6.45) is 1.33. The number of carboxylic acids is 1. The van der Waals surface area contributed by atoms with Crippen molar-refractivity contribution in [2.24, 2.45) is 0 Å². The lowest BCUT2D eigenvalue weighted by Gasteiger charge is -2.02. The van der Waals surface area contributed by atoms with Gasteiger partial charge in [-0.25, -0.2) is 4.68 Å². The number of nitro benzene ring substituents is 1. The van der Waals surface area contributed by atoms with Gasteiger partial charge in [-0.15, -0.1) is 0 Å². The van der Waals surface area contributed by atoms with Crippen LogP contribution >= 0.6 is 0 Å². The zero-order chi connectivity index (χ0) is 16.4. The number of aromatic carboxylic acids is 1. The molecule has 0 aliphatic heterocycles. The van der Waals surface area contributed by atoms with Crippen molar-refractivity contribution in [3.8, 4) is 16.9 Å². The summed E-state index contributed by atoms with van der Waals surface area (Å²) in [5, 5.41) is 26.5. The van der Waals surface area contributed by atoms with E-state index in [1.807, 2.05) is 6.07 Å². The molecule has 0 bridgehead atoms. The maximum Gasteiger partial charge on any atom is 0.270 e. The standard InChI is InChI=1S/C16H11N3O4/c20-16(21)14-10-18(12-6-2-1-3-7-12)17-15(14)11-5-4-8-13(9-11)19(22)23/h1-10H,(H,20,21)/p-1. The van der Waals surface area contributed by atoms with E-state index in [1.54, 1.807) is 30.3 Å². The van der Waals surface area contributed by atoms with Crippen molar-refractivity contribution in [2.75, 3.05) is 0 Å². The average molecular weight is 308 g/mol. The molecule has 0 spiro atoms. The fourth-order valence-electron chi connectivity index (χ4n) is 2.22. The van der Waals surface area contributed by atoms with Crippen molar-refractivity contribution >= 4 is 11.7 Å². The number of aromatic nitrogens is 2. The van der Waals surface area contributed by atoms with E-state index in [4.69, 9.17) is 0 Å². The molecule has 0 radical (unpaired) electrons. The molecule has 0 fully saturated rings. The van der Waals surface area contributed by atoms with Gasteiger partial charge in [0.25, 0.3) is 5.69 Å². The second-order valence-corrected chi connectivity index (χ2v) is 4.77. The first-order valence-corrected chi connectivity index (χ1v) is 6.67. The lowest BCUT2D eigenvalue weighted by molar-refractivity contribution is -0.384. The maximum absolute atomic E-state index is 11.4. The van der Waals surface area contributed by atoms with E-state index >= 15 is 0 Å². The Kier molecular flexibility index (Phi) is 3.60. The van der Waals surface area contributed by atoms with Gasteiger partial charge in [0.1, 0.15) is 5.69 Å². The predicted molar refractivity (Wildman–Crippen MR) is 80.0 cm³/mol. The molecule has 1 heterocycles. The largest absolute Gasteiger partial charge is 0.545 e. The van der Waals surface area contributed by atoms with Crippen LogP contribution in [0, 0.1) is 10.1 Å². The highest BCUT2D eigenvalue weighted by Gasteiger charge is 2.15. The molecule has 3 aromatic rings. The number of hydrogen-bond acceptors (Lipinski definition) is 5. The number of benzene rings is 2. The van der Waals surface area contributed by atoms with Crippen molar-refractivity contribution in [1.82, 2.24) is 9.78 Å². The molecule has 0 saturated carbocycles. The third-order valence-electron chi connectivity index (χ3n) is 3.29. The van der Waals surface area contributed by atoms with Crippen LogP contribution in [0.5, 0.6) is 0 Å². The van der Waals surface area contributed by atoms with Crippen molar-refractivity contribution in [1.29, 1.82) is 0 Å². The first-order chi connectivity index (χ1) is 11.1. The molecular formula is C16H10N3O4-. The van der Waals surface area contributed by atoms with Crippen LogP contribution in [0.2, 0.25) is 0 Å². The normalized spacial score (nSPS) is 10.4. The summed E-state index contributed by atoms with van der Waals surface area (Å²) in [4.78, 5) is 21.7. The number of carboxylic acid groups (broad SMARTS) is 1. The Morgan fingerprint density at radius 3 is 2.48 bits per heavy atom. The van der Waals surface area contributed by atoms with Crippen LogP contribution in [0.4, 0.5) is 5.69 Å². The summed E-state index contributed by atoms with van der Waals surface area (Å²) < 4.78 is 1.40. The number of hydrogen-bond donors (Lipinski definition) is 0. The molecule has 0 saturated heterocycles. The van der Waals surface area contributed by atoms with Crippen LogP contribution in [-0.2, 0) is 0 Å². The van der Waals surface area contributed by atoms with Gasteiger partial charge in [-0.2, -0.15) is 5.10 Å². The van der Waals surface area contributed by atoms with E-state index in [2.05, 4.69) is 5.10 Å². The molecule has 0 aliphatic rings. The zero-order valence-electron chi connectivity index (χ0n) is 11.7. The van der Waals surface area contributed by atoms with Crippen LogP contribution in [0.1, 0.15) is 10.4 Å². The number of carbonyl (C=O) groups excluding carboxylic acids is 1. The van der Waals surface area contributed by atoms with Crippen LogP contribution in [-0.4, -0.2) is 20.7 Å². The zero-order valence-corrected chi connectivity index (χ0v) is 11.7. The Bertz CT molecular complexity index is 887. The van der Waals surface area contributed by atoms with E-state index in [0.717, 1.165) is 0 Å². The van der Waals surface area contributed by atoms with Crippen molar-refractivity contribution in [3.63, 3.8) is 0 Å². The van der Waals surface area contributed by atoms with Gasteiger partial charge in [0, 0.05) is 29.5 Å². The van der Waals surface area contributed by atoms with Gasteiger partial charge >= 0.3 is 0 Å². The van der Waals surface area contributed by atoms with Crippen molar-refractivity contribution in [2.45, 2.75) is 0 Å². The van der Waals surface area contributed by atoms with E-state index in [0.29, 0.717) is 11.3 Å². The van der Waals surface area contributed by atoms with Gasteiger partial charge in [0.05, 0.1) is 16.6 Å². The summed E-state index contributed by atoms with van der Waals surface area (Å²) >= 11 is 0. The first kappa shape index (κ1) is 14.5. The smallest absolute Gasteiger partial charge is 0.270 e. The van der Waals surface area contributed by atoms with Crippen LogP contribution in [0.3, 0.4) is 0 Å². The van der Waals surface area contributed by atoms with E-state index in [9.17, 15) is 20.0 Å². The molecule has 2 aromatic carbocycles. The Morgan fingerprint density at radius 2 is 1.83 bits per heavy atom. The van der Waals surface area contributed by atoms with Gasteiger partial charge in [-0.05, 0) is 12.1 Å². The Balaban J connectivity index is 2.15. The van der Waals surface area contributed by atoms with Crippen LogP contribution in [0.25, 0.3) is 16.9 Å². The lowest BCUT2D eigenvalue weighted by Crippen LogP contribution is -2.22. The molecule has 0 N–H and O–H groups in total. The minimum Gasteiger partial charge on any atom is -0.545 e. The number of non-ortho nitro benzene ring substituents is 1. The number of para-hydroxylation sites is 1.